The summed E-state index contributed by atoms with van der Waals surface area (Å²) >= 11 is 0. The van der Waals surface area contributed by atoms with E-state index in [9.17, 15) is 8.78 Å². The van der Waals surface area contributed by atoms with Crippen molar-refractivity contribution in [1.29, 1.82) is 0 Å². The average molecular weight is 298 g/mol. The van der Waals surface area contributed by atoms with Crippen LogP contribution in [0.1, 0.15) is 27.2 Å². The Hall–Kier alpha value is -1.36. The number of hydrogen-bond acceptors (Lipinski definition) is 3. The fraction of sp³-hybridized carbons (Fsp3) is 0.625. The molecule has 0 spiro atoms. The number of rotatable bonds is 5. The van der Waals surface area contributed by atoms with Crippen LogP contribution in [0.15, 0.2) is 24.3 Å². The van der Waals surface area contributed by atoms with Gasteiger partial charge in [0.2, 0.25) is 0 Å². The molecule has 2 unspecified atom stereocenters. The van der Waals surface area contributed by atoms with E-state index in [0.29, 0.717) is 12.0 Å². The lowest BCUT2D eigenvalue weighted by Gasteiger charge is -2.44. The molecule has 1 aliphatic rings. The Bertz CT molecular complexity index is 454. The van der Waals surface area contributed by atoms with Gasteiger partial charge in [0, 0.05) is 25.2 Å². The van der Waals surface area contributed by atoms with Crippen LogP contribution in [0.4, 0.5) is 14.5 Å². The molecule has 1 aromatic rings. The molecule has 0 aliphatic carbocycles. The summed E-state index contributed by atoms with van der Waals surface area (Å²) in [7, 11) is 0. The summed E-state index contributed by atoms with van der Waals surface area (Å²) in [5, 5.41) is 3.53. The van der Waals surface area contributed by atoms with Gasteiger partial charge >= 0.3 is 6.61 Å². The molecule has 118 valence electrons. The highest BCUT2D eigenvalue weighted by Gasteiger charge is 2.31. The van der Waals surface area contributed by atoms with E-state index in [1.54, 1.807) is 12.1 Å². The molecule has 0 radical (unpaired) electrons. The van der Waals surface area contributed by atoms with Gasteiger partial charge < -0.3 is 15.0 Å². The smallest absolute Gasteiger partial charge is 0.387 e. The minimum atomic E-state index is -2.80. The zero-order valence-electron chi connectivity index (χ0n) is 12.9. The van der Waals surface area contributed by atoms with Crippen LogP contribution in [0.5, 0.6) is 5.75 Å². The Kier molecular flexibility index (Phi) is 5.39. The van der Waals surface area contributed by atoms with Gasteiger partial charge in [0.05, 0.1) is 5.69 Å². The first kappa shape index (κ1) is 16.0. The first-order valence-corrected chi connectivity index (χ1v) is 7.56. The summed E-state index contributed by atoms with van der Waals surface area (Å²) < 4.78 is 29.9. The Morgan fingerprint density at radius 1 is 1.33 bits per heavy atom. The molecule has 0 aromatic heterocycles. The van der Waals surface area contributed by atoms with E-state index in [2.05, 4.69) is 31.0 Å². The van der Waals surface area contributed by atoms with Crippen molar-refractivity contribution in [2.75, 3.05) is 18.0 Å². The fourth-order valence-corrected chi connectivity index (χ4v) is 2.87. The van der Waals surface area contributed by atoms with Crippen molar-refractivity contribution in [3.8, 4) is 5.75 Å². The number of alkyl halides is 2. The third-order valence-corrected chi connectivity index (χ3v) is 4.09. The van der Waals surface area contributed by atoms with E-state index in [1.807, 2.05) is 12.1 Å². The highest BCUT2D eigenvalue weighted by Crippen LogP contribution is 2.33. The fourth-order valence-electron chi connectivity index (χ4n) is 2.87. The van der Waals surface area contributed by atoms with Crippen molar-refractivity contribution in [2.45, 2.75) is 45.9 Å². The first-order chi connectivity index (χ1) is 10.0. The summed E-state index contributed by atoms with van der Waals surface area (Å²) in [6, 6.07) is 7.72. The molecule has 1 aromatic carbocycles. The molecular weight excluding hydrogens is 274 g/mol. The summed E-state index contributed by atoms with van der Waals surface area (Å²) in [4.78, 5) is 2.22. The van der Waals surface area contributed by atoms with Crippen molar-refractivity contribution < 1.29 is 13.5 Å². The van der Waals surface area contributed by atoms with Gasteiger partial charge in [-0.25, -0.2) is 0 Å². The van der Waals surface area contributed by atoms with Gasteiger partial charge in [0.25, 0.3) is 0 Å². The molecule has 1 fully saturated rings. The molecule has 1 N–H and O–H groups in total. The van der Waals surface area contributed by atoms with Gasteiger partial charge in [0.1, 0.15) is 5.75 Å². The van der Waals surface area contributed by atoms with Crippen molar-refractivity contribution in [1.82, 2.24) is 5.32 Å². The number of anilines is 1. The second-order valence-electron chi connectivity index (χ2n) is 5.82. The van der Waals surface area contributed by atoms with E-state index in [-0.39, 0.29) is 11.8 Å². The van der Waals surface area contributed by atoms with E-state index in [1.165, 1.54) is 0 Å². The zero-order chi connectivity index (χ0) is 15.4. The van der Waals surface area contributed by atoms with Gasteiger partial charge in [0.15, 0.2) is 0 Å². The minimum Gasteiger partial charge on any atom is -0.433 e. The molecule has 2 atom stereocenters. The summed E-state index contributed by atoms with van der Waals surface area (Å²) in [6.07, 6.45) is 1.01. The Labute approximate surface area is 125 Å². The third-order valence-electron chi connectivity index (χ3n) is 4.09. The average Bonchev–Trinajstić information content (AvgIpc) is 2.46. The molecule has 0 bridgehead atoms. The highest BCUT2D eigenvalue weighted by atomic mass is 19.3. The zero-order valence-corrected chi connectivity index (χ0v) is 12.9. The molecule has 2 rings (SSSR count). The molecule has 1 heterocycles. The van der Waals surface area contributed by atoms with Gasteiger partial charge in [-0.2, -0.15) is 8.78 Å². The maximum Gasteiger partial charge on any atom is 0.387 e. The van der Waals surface area contributed by atoms with Crippen LogP contribution in [0.3, 0.4) is 0 Å². The van der Waals surface area contributed by atoms with Gasteiger partial charge in [-0.15, -0.1) is 0 Å². The lowest BCUT2D eigenvalue weighted by Crippen LogP contribution is -2.58. The Balaban J connectivity index is 2.31. The number of halogens is 2. The number of ether oxygens (including phenoxy) is 1. The third kappa shape index (κ3) is 3.84. The molecule has 0 saturated carbocycles. The van der Waals surface area contributed by atoms with Crippen LogP contribution in [0.25, 0.3) is 0 Å². The summed E-state index contributed by atoms with van der Waals surface area (Å²) in [5.74, 6) is 0.685. The van der Waals surface area contributed by atoms with Crippen LogP contribution in [-0.4, -0.2) is 31.8 Å². The van der Waals surface area contributed by atoms with Crippen molar-refractivity contribution >= 4 is 5.69 Å². The molecule has 21 heavy (non-hydrogen) atoms. The molecule has 5 heteroatoms. The van der Waals surface area contributed by atoms with E-state index in [0.717, 1.165) is 25.2 Å². The standard InChI is InChI=1S/C16H24F2N2O/c1-4-12-10-20(14(9-19-12)11(2)3)13-7-5-6-8-15(13)21-16(17)18/h5-8,11-12,14,16,19H,4,9-10H2,1-3H3. The SMILES string of the molecule is CCC1CN(c2ccccc2OC(F)F)C(C(C)C)CN1. The predicted octanol–water partition coefficient (Wildman–Crippen LogP) is 3.50. The number of para-hydroxylation sites is 2. The molecular formula is C16H24F2N2O. The first-order valence-electron chi connectivity index (χ1n) is 7.56. The van der Waals surface area contributed by atoms with Gasteiger partial charge in [-0.05, 0) is 24.5 Å². The minimum absolute atomic E-state index is 0.259. The van der Waals surface area contributed by atoms with Gasteiger partial charge in [-0.3, -0.25) is 0 Å². The van der Waals surface area contributed by atoms with Crippen molar-refractivity contribution in [2.24, 2.45) is 5.92 Å². The summed E-state index contributed by atoms with van der Waals surface area (Å²) in [6.45, 7) is 5.31. The Morgan fingerprint density at radius 2 is 2.05 bits per heavy atom. The topological polar surface area (TPSA) is 24.5 Å². The molecule has 1 saturated heterocycles. The van der Waals surface area contributed by atoms with Crippen LogP contribution in [0.2, 0.25) is 0 Å². The maximum absolute atomic E-state index is 12.6. The van der Waals surface area contributed by atoms with Crippen LogP contribution >= 0.6 is 0 Å². The number of piperazine rings is 1. The van der Waals surface area contributed by atoms with Crippen molar-refractivity contribution in [3.63, 3.8) is 0 Å². The summed E-state index contributed by atoms with van der Waals surface area (Å²) in [5.41, 5.74) is 0.761. The second kappa shape index (κ2) is 7.07. The number of hydrogen-bond donors (Lipinski definition) is 1. The van der Waals surface area contributed by atoms with E-state index < -0.39 is 6.61 Å². The molecule has 1 aliphatic heterocycles. The van der Waals surface area contributed by atoms with Gasteiger partial charge in [-0.1, -0.05) is 32.9 Å². The Morgan fingerprint density at radius 3 is 2.67 bits per heavy atom. The second-order valence-corrected chi connectivity index (χ2v) is 5.82. The normalized spacial score (nSPS) is 22.9. The number of benzene rings is 1. The predicted molar refractivity (Wildman–Crippen MR) is 81.1 cm³/mol. The van der Waals surface area contributed by atoms with Crippen molar-refractivity contribution in [3.05, 3.63) is 24.3 Å². The largest absolute Gasteiger partial charge is 0.433 e. The van der Waals surface area contributed by atoms with E-state index in [4.69, 9.17) is 4.74 Å². The maximum atomic E-state index is 12.6. The lowest BCUT2D eigenvalue weighted by molar-refractivity contribution is -0.0496. The molecule has 3 nitrogen and oxygen atoms in total. The number of nitrogens with zero attached hydrogens (tertiary/aromatic N) is 1. The highest BCUT2D eigenvalue weighted by molar-refractivity contribution is 5.59. The van der Waals surface area contributed by atoms with Crippen LogP contribution < -0.4 is 15.0 Å². The number of nitrogens with one attached hydrogen (secondary N) is 1. The van der Waals surface area contributed by atoms with Crippen LogP contribution in [-0.2, 0) is 0 Å². The van der Waals surface area contributed by atoms with E-state index >= 15 is 0 Å². The molecule has 0 amide bonds. The van der Waals surface area contributed by atoms with Crippen LogP contribution in [0, 0.1) is 5.92 Å². The monoisotopic (exact) mass is 298 g/mol. The quantitative estimate of drug-likeness (QED) is 0.900. The lowest BCUT2D eigenvalue weighted by atomic mass is 9.96.